The Morgan fingerprint density at radius 3 is 1.77 bits per heavy atom. The third-order valence-electron chi connectivity index (χ3n) is 5.24. The molecule has 0 aromatic heterocycles. The monoisotopic (exact) mass is 548 g/mol. The maximum atomic E-state index is 12.5. The number of phenols is 2. The molecule has 0 aliphatic heterocycles. The van der Waals surface area contributed by atoms with Crippen molar-refractivity contribution in [3.05, 3.63) is 107 Å². The van der Waals surface area contributed by atoms with E-state index in [9.17, 15) is 34.8 Å². The van der Waals surface area contributed by atoms with Gasteiger partial charge in [0.25, 0.3) is 0 Å². The van der Waals surface area contributed by atoms with Crippen LogP contribution in [0.3, 0.4) is 0 Å². The fourth-order valence-electron chi connectivity index (χ4n) is 3.39. The van der Waals surface area contributed by atoms with Crippen LogP contribution < -0.4 is 9.62 Å². The van der Waals surface area contributed by atoms with Gasteiger partial charge >= 0.3 is 17.9 Å². The van der Waals surface area contributed by atoms with Gasteiger partial charge in [-0.25, -0.2) is 14.4 Å². The highest BCUT2D eigenvalue weighted by atomic mass is 32.2. The van der Waals surface area contributed by atoms with Gasteiger partial charge in [0.2, 0.25) is 0 Å². The van der Waals surface area contributed by atoms with E-state index in [0.29, 0.717) is 5.75 Å². The van der Waals surface area contributed by atoms with E-state index in [1.165, 1.54) is 36.0 Å². The highest BCUT2D eigenvalue weighted by Gasteiger charge is 2.19. The summed E-state index contributed by atoms with van der Waals surface area (Å²) in [6, 6.07) is 20.6. The van der Waals surface area contributed by atoms with Gasteiger partial charge in [0, 0.05) is 15.4 Å². The summed E-state index contributed by atoms with van der Waals surface area (Å²) < 4.78 is 5.26. The molecule has 0 bridgehead atoms. The average Bonchev–Trinajstić information content (AvgIpc) is 2.90. The molecule has 0 spiro atoms. The van der Waals surface area contributed by atoms with E-state index in [1.54, 1.807) is 48.5 Å². The fourth-order valence-corrected chi connectivity index (χ4v) is 4.21. The lowest BCUT2D eigenvalue weighted by Crippen LogP contribution is -2.14. The summed E-state index contributed by atoms with van der Waals surface area (Å²) in [5, 5.41) is 37.7. The molecule has 0 aliphatic carbocycles. The Kier molecular flexibility index (Phi) is 8.34. The number of phenolic OH excluding ortho intramolecular Hbond substituents is 2. The first-order valence-electron chi connectivity index (χ1n) is 11.2. The zero-order chi connectivity index (χ0) is 27.9. The number of carboxylic acid groups (broad SMARTS) is 2. The Morgan fingerprint density at radius 1 is 0.641 bits per heavy atom. The molecule has 4 N–H and O–H groups in total. The van der Waals surface area contributed by atoms with E-state index in [2.05, 4.69) is 0 Å². The van der Waals surface area contributed by atoms with Gasteiger partial charge < -0.3 is 30.1 Å². The first kappa shape index (κ1) is 27.0. The number of aromatic hydroxyl groups is 2. The second-order valence-corrected chi connectivity index (χ2v) is 9.11. The Labute approximate surface area is 225 Å². The van der Waals surface area contributed by atoms with Crippen LogP contribution in [0.4, 0.5) is 0 Å². The molecule has 0 radical (unpaired) electrons. The Hall–Kier alpha value is -5.00. The number of carbonyl (C=O) groups excluding carboxylic acids is 1. The van der Waals surface area contributed by atoms with Crippen molar-refractivity contribution in [2.45, 2.75) is 16.4 Å². The number of esters is 1. The van der Waals surface area contributed by atoms with Crippen LogP contribution >= 0.6 is 11.8 Å². The van der Waals surface area contributed by atoms with Crippen molar-refractivity contribution in [3.63, 3.8) is 0 Å². The Morgan fingerprint density at radius 2 is 1.18 bits per heavy atom. The van der Waals surface area contributed by atoms with Crippen LogP contribution in [0.15, 0.2) is 94.7 Å². The first-order chi connectivity index (χ1) is 18.7. The minimum Gasteiger partial charge on any atom is -0.508 e. The quantitative estimate of drug-likeness (QED) is 0.0872. The molecule has 0 atom stereocenters. The Balaban J connectivity index is 1.32. The number of aromatic carboxylic acids is 2. The number of rotatable bonds is 10. The number of hydrogen-bond acceptors (Lipinski definition) is 9. The highest BCUT2D eigenvalue weighted by molar-refractivity contribution is 7.99. The zero-order valence-electron chi connectivity index (χ0n) is 19.9. The molecule has 0 aliphatic rings. The van der Waals surface area contributed by atoms with Gasteiger partial charge in [0.05, 0.1) is 16.7 Å². The molecule has 0 saturated carbocycles. The topological polar surface area (TPSA) is 160 Å². The maximum absolute atomic E-state index is 12.5. The molecule has 4 rings (SSSR count). The smallest absolute Gasteiger partial charge is 0.344 e. The van der Waals surface area contributed by atoms with E-state index < -0.39 is 17.9 Å². The maximum Gasteiger partial charge on any atom is 0.344 e. The molecular formula is C28H20O10S. The minimum absolute atomic E-state index is 0.00620. The van der Waals surface area contributed by atoms with Crippen LogP contribution in [0.2, 0.25) is 0 Å². The van der Waals surface area contributed by atoms with Crippen molar-refractivity contribution < 1.29 is 49.3 Å². The van der Waals surface area contributed by atoms with E-state index in [0.717, 1.165) is 21.9 Å². The van der Waals surface area contributed by atoms with Crippen LogP contribution in [0.25, 0.3) is 0 Å². The van der Waals surface area contributed by atoms with Crippen molar-refractivity contribution >= 4 is 29.7 Å². The van der Waals surface area contributed by atoms with Gasteiger partial charge in [-0.05, 0) is 84.9 Å². The van der Waals surface area contributed by atoms with Gasteiger partial charge in [-0.2, -0.15) is 4.89 Å². The largest absolute Gasteiger partial charge is 0.508 e. The summed E-state index contributed by atoms with van der Waals surface area (Å²) in [6.45, 7) is -0.188. The normalized spacial score (nSPS) is 10.6. The molecule has 0 saturated heterocycles. The summed E-state index contributed by atoms with van der Waals surface area (Å²) in [5.41, 5.74) is -0.301. The molecule has 0 amide bonds. The first-order valence-corrected chi connectivity index (χ1v) is 12.0. The van der Waals surface area contributed by atoms with E-state index in [4.69, 9.17) is 14.5 Å². The predicted octanol–water partition coefficient (Wildman–Crippen LogP) is 5.38. The second-order valence-electron chi connectivity index (χ2n) is 7.96. The van der Waals surface area contributed by atoms with Crippen molar-refractivity contribution in [2.24, 2.45) is 0 Å². The summed E-state index contributed by atoms with van der Waals surface area (Å²) in [6.07, 6.45) is 0. The van der Waals surface area contributed by atoms with Crippen molar-refractivity contribution in [2.75, 3.05) is 0 Å². The number of benzene rings is 4. The summed E-state index contributed by atoms with van der Waals surface area (Å²) in [4.78, 5) is 47.2. The molecule has 4 aromatic rings. The molecule has 0 heterocycles. The fraction of sp³-hybridized carbons (Fsp3) is 0.0357. The molecule has 198 valence electrons. The van der Waals surface area contributed by atoms with Gasteiger partial charge in [-0.1, -0.05) is 11.8 Å². The molecule has 4 aromatic carbocycles. The number of carboxylic acids is 2. The standard InChI is InChI=1S/C28H20O10S/c29-17-1-11-23(26(31)32)16(13-17)15-36-38-20-5-9-22(10-6-20)39-21-7-3-19(4-8-21)37-28(35)25-14-18(30)2-12-24(25)27(33)34/h1-14,29-30H,15H2,(H,31,32)(H,33,34). The summed E-state index contributed by atoms with van der Waals surface area (Å²) in [7, 11) is 0. The number of ether oxygens (including phenoxy) is 1. The summed E-state index contributed by atoms with van der Waals surface area (Å²) >= 11 is 1.42. The molecule has 10 nitrogen and oxygen atoms in total. The third-order valence-corrected chi connectivity index (χ3v) is 6.25. The third kappa shape index (κ3) is 7.06. The van der Waals surface area contributed by atoms with E-state index >= 15 is 0 Å². The van der Waals surface area contributed by atoms with Gasteiger partial charge in [0.1, 0.15) is 23.9 Å². The van der Waals surface area contributed by atoms with Crippen LogP contribution in [-0.2, 0) is 11.5 Å². The lowest BCUT2D eigenvalue weighted by atomic mass is 10.1. The Bertz CT molecular complexity index is 1510. The zero-order valence-corrected chi connectivity index (χ0v) is 20.8. The van der Waals surface area contributed by atoms with Crippen LogP contribution in [-0.4, -0.2) is 38.3 Å². The van der Waals surface area contributed by atoms with Crippen molar-refractivity contribution in [1.82, 2.24) is 0 Å². The van der Waals surface area contributed by atoms with E-state index in [1.807, 2.05) is 0 Å². The van der Waals surface area contributed by atoms with Crippen LogP contribution in [0, 0.1) is 0 Å². The number of hydrogen-bond donors (Lipinski definition) is 4. The molecule has 11 heteroatoms. The number of carbonyl (C=O) groups is 3. The van der Waals surface area contributed by atoms with Crippen molar-refractivity contribution in [3.8, 4) is 23.0 Å². The van der Waals surface area contributed by atoms with E-state index in [-0.39, 0.29) is 46.1 Å². The predicted molar refractivity (Wildman–Crippen MR) is 138 cm³/mol. The second kappa shape index (κ2) is 12.0. The van der Waals surface area contributed by atoms with Crippen LogP contribution in [0.1, 0.15) is 36.6 Å². The molecule has 39 heavy (non-hydrogen) atoms. The van der Waals surface area contributed by atoms with Crippen molar-refractivity contribution in [1.29, 1.82) is 0 Å². The van der Waals surface area contributed by atoms with Gasteiger partial charge in [-0.3, -0.25) is 0 Å². The lowest BCUT2D eigenvalue weighted by molar-refractivity contribution is -0.217. The van der Waals surface area contributed by atoms with Gasteiger partial charge in [0.15, 0.2) is 5.75 Å². The van der Waals surface area contributed by atoms with Gasteiger partial charge in [-0.15, -0.1) is 0 Å². The molecule has 0 unspecified atom stereocenters. The molecular weight excluding hydrogens is 528 g/mol. The summed E-state index contributed by atoms with van der Waals surface area (Å²) in [5.74, 6) is -3.15. The average molecular weight is 549 g/mol. The SMILES string of the molecule is O=C(O)c1ccc(O)cc1COOc1ccc(Sc2ccc(OC(=O)c3cc(O)ccc3C(=O)O)cc2)cc1. The minimum atomic E-state index is -1.32. The molecule has 0 fully saturated rings. The van der Waals surface area contributed by atoms with Crippen LogP contribution in [0.5, 0.6) is 23.0 Å². The lowest BCUT2D eigenvalue weighted by Gasteiger charge is -2.09. The highest BCUT2D eigenvalue weighted by Crippen LogP contribution is 2.31.